The summed E-state index contributed by atoms with van der Waals surface area (Å²) in [6.45, 7) is 3.53. The van der Waals surface area contributed by atoms with E-state index in [9.17, 15) is 0 Å². The lowest BCUT2D eigenvalue weighted by molar-refractivity contribution is -0.0372. The van der Waals surface area contributed by atoms with E-state index in [1.54, 1.807) is 6.26 Å². The highest BCUT2D eigenvalue weighted by Gasteiger charge is 2.22. The Bertz CT molecular complexity index is 720. The van der Waals surface area contributed by atoms with E-state index in [0.717, 1.165) is 47.4 Å². The van der Waals surface area contributed by atoms with Crippen LogP contribution < -0.4 is 0 Å². The van der Waals surface area contributed by atoms with Gasteiger partial charge in [-0.05, 0) is 67.7 Å². The van der Waals surface area contributed by atoms with Crippen molar-refractivity contribution in [1.82, 2.24) is 19.7 Å². The molecule has 2 aromatic rings. The van der Waals surface area contributed by atoms with Gasteiger partial charge in [0.2, 0.25) is 0 Å². The highest BCUT2D eigenvalue weighted by molar-refractivity contribution is 14.1. The van der Waals surface area contributed by atoms with Gasteiger partial charge in [0.25, 0.3) is 0 Å². The summed E-state index contributed by atoms with van der Waals surface area (Å²) in [5.74, 6) is 0. The van der Waals surface area contributed by atoms with Crippen molar-refractivity contribution in [2.75, 3.05) is 13.2 Å². The lowest BCUT2D eigenvalue weighted by atomic mass is 10.2. The number of allylic oxidation sites excluding steroid dienone is 1. The fourth-order valence-electron chi connectivity index (χ4n) is 2.58. The van der Waals surface area contributed by atoms with Gasteiger partial charge in [0.15, 0.2) is 20.7 Å². The first-order valence-corrected chi connectivity index (χ1v) is 9.58. The summed E-state index contributed by atoms with van der Waals surface area (Å²) in [5.41, 5.74) is 2.24. The molecule has 8 heteroatoms. The molecule has 0 amide bonds. The summed E-state index contributed by atoms with van der Waals surface area (Å²) >= 11 is 8.22. The fourth-order valence-corrected chi connectivity index (χ4v) is 3.30. The molecule has 1 fully saturated rings. The number of aryl methyl sites for hydroxylation is 1. The average molecular weight is 463 g/mol. The average Bonchev–Trinajstić information content (AvgIpc) is 2.94. The van der Waals surface area contributed by atoms with Gasteiger partial charge in [-0.3, -0.25) is 0 Å². The molecule has 130 valence electrons. The number of halogens is 2. The predicted octanol–water partition coefficient (Wildman–Crippen LogP) is 4.40. The first kappa shape index (κ1) is 17.9. The van der Waals surface area contributed by atoms with Crippen LogP contribution in [0.25, 0.3) is 11.2 Å². The summed E-state index contributed by atoms with van der Waals surface area (Å²) in [6.07, 6.45) is 9.37. The smallest absolute Gasteiger partial charge is 0.181 e. The molecule has 0 saturated carbocycles. The summed E-state index contributed by atoms with van der Waals surface area (Å²) in [7, 11) is 0. The van der Waals surface area contributed by atoms with E-state index >= 15 is 0 Å². The molecule has 4 heterocycles. The molecule has 2 aliphatic rings. The molecule has 0 N–H and O–H groups in total. The molecule has 0 radical (unpaired) electrons. The molecule has 0 aliphatic carbocycles. The lowest BCUT2D eigenvalue weighted by Gasteiger charge is -2.22. The predicted molar refractivity (Wildman–Crippen MR) is 101 cm³/mol. The van der Waals surface area contributed by atoms with E-state index in [1.807, 2.05) is 17.7 Å². The van der Waals surface area contributed by atoms with Crippen molar-refractivity contribution in [1.29, 1.82) is 0 Å². The molecule has 6 nitrogen and oxygen atoms in total. The highest BCUT2D eigenvalue weighted by Crippen LogP contribution is 2.28. The molecule has 0 aromatic carbocycles. The Morgan fingerprint density at radius 2 is 2.12 bits per heavy atom. The van der Waals surface area contributed by atoms with Crippen LogP contribution in [0.1, 0.15) is 44.0 Å². The third-order valence-corrected chi connectivity index (χ3v) is 4.94. The van der Waals surface area contributed by atoms with Gasteiger partial charge in [-0.15, -0.1) is 0 Å². The van der Waals surface area contributed by atoms with Crippen LogP contribution in [0.4, 0.5) is 0 Å². The largest absolute Gasteiger partial charge is 0.502 e. The van der Waals surface area contributed by atoms with E-state index < -0.39 is 0 Å². The molecule has 2 aromatic heterocycles. The van der Waals surface area contributed by atoms with Gasteiger partial charge >= 0.3 is 0 Å². The fraction of sp³-hybridized carbons (Fsp3) is 0.562. The van der Waals surface area contributed by atoms with Crippen molar-refractivity contribution in [2.24, 2.45) is 0 Å². The van der Waals surface area contributed by atoms with Crippen molar-refractivity contribution >= 4 is 45.4 Å². The number of aromatic nitrogens is 4. The SMILES string of the molecule is C1=COCCC1.Cc1nc2c(I)nn(C3CCCCO3)c2nc1Cl. The monoisotopic (exact) mass is 462 g/mol. The van der Waals surface area contributed by atoms with E-state index in [-0.39, 0.29) is 6.23 Å². The van der Waals surface area contributed by atoms with Gasteiger partial charge in [-0.1, -0.05) is 11.6 Å². The minimum atomic E-state index is -0.0437. The number of rotatable bonds is 1. The Morgan fingerprint density at radius 3 is 2.71 bits per heavy atom. The second-order valence-corrected chi connectivity index (χ2v) is 7.09. The Hall–Kier alpha value is -0.930. The van der Waals surface area contributed by atoms with Crippen molar-refractivity contribution in [3.8, 4) is 0 Å². The Balaban J connectivity index is 0.000000238. The third-order valence-electron chi connectivity index (χ3n) is 3.86. The van der Waals surface area contributed by atoms with Crippen molar-refractivity contribution in [2.45, 2.75) is 45.3 Å². The van der Waals surface area contributed by atoms with E-state index in [0.29, 0.717) is 10.8 Å². The highest BCUT2D eigenvalue weighted by atomic mass is 127. The number of fused-ring (bicyclic) bond motifs is 1. The second kappa shape index (κ2) is 8.44. The summed E-state index contributed by atoms with van der Waals surface area (Å²) in [4.78, 5) is 8.84. The zero-order chi connectivity index (χ0) is 16.9. The Labute approximate surface area is 159 Å². The molecule has 24 heavy (non-hydrogen) atoms. The van der Waals surface area contributed by atoms with Crippen LogP contribution in [0.5, 0.6) is 0 Å². The lowest BCUT2D eigenvalue weighted by Crippen LogP contribution is -2.19. The molecule has 2 aliphatic heterocycles. The van der Waals surface area contributed by atoms with Crippen molar-refractivity contribution in [3.05, 3.63) is 26.9 Å². The van der Waals surface area contributed by atoms with Gasteiger partial charge < -0.3 is 9.47 Å². The van der Waals surface area contributed by atoms with Gasteiger partial charge in [0.05, 0.1) is 18.6 Å². The first-order chi connectivity index (χ1) is 11.7. The van der Waals surface area contributed by atoms with E-state index in [1.165, 1.54) is 12.8 Å². The molecule has 1 saturated heterocycles. The van der Waals surface area contributed by atoms with Gasteiger partial charge in [0.1, 0.15) is 5.52 Å². The number of hydrogen-bond acceptors (Lipinski definition) is 5. The topological polar surface area (TPSA) is 62.1 Å². The van der Waals surface area contributed by atoms with Crippen LogP contribution in [0.2, 0.25) is 5.15 Å². The van der Waals surface area contributed by atoms with Crippen molar-refractivity contribution in [3.63, 3.8) is 0 Å². The Morgan fingerprint density at radius 1 is 1.25 bits per heavy atom. The molecule has 4 rings (SSSR count). The number of ether oxygens (including phenoxy) is 2. The maximum Gasteiger partial charge on any atom is 0.181 e. The third kappa shape index (κ3) is 4.18. The Kier molecular flexibility index (Phi) is 6.29. The minimum absolute atomic E-state index is 0.0437. The van der Waals surface area contributed by atoms with Gasteiger partial charge in [-0.25, -0.2) is 14.6 Å². The quantitative estimate of drug-likeness (QED) is 0.588. The van der Waals surface area contributed by atoms with Crippen LogP contribution in [-0.2, 0) is 9.47 Å². The van der Waals surface area contributed by atoms with Gasteiger partial charge in [0, 0.05) is 6.61 Å². The molecule has 1 unspecified atom stereocenters. The summed E-state index contributed by atoms with van der Waals surface area (Å²) in [5, 5.41) is 4.92. The summed E-state index contributed by atoms with van der Waals surface area (Å²) < 4.78 is 13.3. The number of nitrogens with zero attached hydrogens (tertiary/aromatic N) is 4. The molecule has 0 spiro atoms. The maximum atomic E-state index is 6.05. The van der Waals surface area contributed by atoms with Gasteiger partial charge in [-0.2, -0.15) is 5.10 Å². The van der Waals surface area contributed by atoms with Crippen LogP contribution >= 0.6 is 34.2 Å². The van der Waals surface area contributed by atoms with E-state index in [2.05, 4.69) is 37.7 Å². The van der Waals surface area contributed by atoms with Crippen LogP contribution in [-0.4, -0.2) is 33.0 Å². The zero-order valence-electron chi connectivity index (χ0n) is 13.5. The zero-order valence-corrected chi connectivity index (χ0v) is 16.5. The van der Waals surface area contributed by atoms with Crippen molar-refractivity contribution < 1.29 is 9.47 Å². The maximum absolute atomic E-state index is 6.05. The number of hydrogen-bond donors (Lipinski definition) is 0. The molecule has 1 atom stereocenters. The normalized spacial score (nSPS) is 20.4. The molecular formula is C16H20ClIN4O2. The van der Waals surface area contributed by atoms with Crippen LogP contribution in [0.15, 0.2) is 12.3 Å². The molecule has 0 bridgehead atoms. The standard InChI is InChI=1S/C11H12ClIN4O.C5H8O/c1-6-9(12)15-11-8(14-6)10(13)16-17(11)7-4-2-3-5-18-7;1-2-4-6-5-3-1/h7H,2-5H2,1H3;2,4H,1,3,5H2. The first-order valence-electron chi connectivity index (χ1n) is 8.13. The van der Waals surface area contributed by atoms with Crippen LogP contribution in [0.3, 0.4) is 0 Å². The summed E-state index contributed by atoms with van der Waals surface area (Å²) in [6, 6.07) is 0. The van der Waals surface area contributed by atoms with E-state index in [4.69, 9.17) is 21.1 Å². The second-order valence-electron chi connectivity index (χ2n) is 5.71. The minimum Gasteiger partial charge on any atom is -0.502 e. The molecular weight excluding hydrogens is 443 g/mol. The van der Waals surface area contributed by atoms with Crippen LogP contribution in [0, 0.1) is 10.6 Å².